The molecule has 5 nitrogen and oxygen atoms in total. The summed E-state index contributed by atoms with van der Waals surface area (Å²) in [4.78, 5) is 16.0. The number of aromatic nitrogens is 3. The van der Waals surface area contributed by atoms with Crippen LogP contribution in [0.2, 0.25) is 0 Å². The highest BCUT2D eigenvalue weighted by Crippen LogP contribution is 2.18. The molecule has 0 aliphatic rings. The van der Waals surface area contributed by atoms with E-state index in [0.717, 1.165) is 11.3 Å². The lowest BCUT2D eigenvalue weighted by atomic mass is 10.1. The Kier molecular flexibility index (Phi) is 2.67. The fourth-order valence-electron chi connectivity index (χ4n) is 1.80. The van der Waals surface area contributed by atoms with Crippen LogP contribution in [0, 0.1) is 13.8 Å². The Bertz CT molecular complexity index is 614. The van der Waals surface area contributed by atoms with Crippen LogP contribution in [-0.2, 0) is 4.74 Å². The normalized spacial score (nSPS) is 10.5. The lowest BCUT2D eigenvalue weighted by Crippen LogP contribution is -2.09. The van der Waals surface area contributed by atoms with Gasteiger partial charge in [-0.05, 0) is 31.6 Å². The zero-order chi connectivity index (χ0) is 12.6. The second kappa shape index (κ2) is 4.01. The highest BCUT2D eigenvalue weighted by molar-refractivity contribution is 5.97. The molecule has 0 bridgehead atoms. The standard InChI is InChI=1S/C12H13N3O2/c1-5-9-13-11-10(12(16)17-4)7(2)6-8(3)15(11)14-9/h5-6H,1H2,2-4H3. The second-order valence-electron chi connectivity index (χ2n) is 3.74. The first-order valence-electron chi connectivity index (χ1n) is 5.16. The van der Waals surface area contributed by atoms with Crippen molar-refractivity contribution in [2.45, 2.75) is 13.8 Å². The monoisotopic (exact) mass is 231 g/mol. The SMILES string of the molecule is C=Cc1nc2c(C(=O)OC)c(C)cc(C)n2n1. The molecule has 0 unspecified atom stereocenters. The summed E-state index contributed by atoms with van der Waals surface area (Å²) in [6.45, 7) is 7.37. The number of esters is 1. The molecule has 0 atom stereocenters. The minimum atomic E-state index is -0.407. The van der Waals surface area contributed by atoms with Crippen LogP contribution >= 0.6 is 0 Å². The van der Waals surface area contributed by atoms with E-state index in [1.54, 1.807) is 10.6 Å². The predicted octanol–water partition coefficient (Wildman–Crippen LogP) is 1.78. The lowest BCUT2D eigenvalue weighted by molar-refractivity contribution is 0.0601. The van der Waals surface area contributed by atoms with Gasteiger partial charge < -0.3 is 4.74 Å². The zero-order valence-corrected chi connectivity index (χ0v) is 10.0. The number of carbonyl (C=O) groups is 1. The summed E-state index contributed by atoms with van der Waals surface area (Å²) in [5.41, 5.74) is 2.68. The van der Waals surface area contributed by atoms with Crippen LogP contribution in [0.5, 0.6) is 0 Å². The average Bonchev–Trinajstić information content (AvgIpc) is 2.72. The molecule has 88 valence electrons. The van der Waals surface area contributed by atoms with Crippen LogP contribution in [0.1, 0.15) is 27.4 Å². The number of aryl methyl sites for hydroxylation is 2. The number of rotatable bonds is 2. The van der Waals surface area contributed by atoms with Gasteiger partial charge in [-0.2, -0.15) is 0 Å². The maximum absolute atomic E-state index is 11.7. The van der Waals surface area contributed by atoms with Crippen molar-refractivity contribution in [3.05, 3.63) is 35.3 Å². The summed E-state index contributed by atoms with van der Waals surface area (Å²) in [6.07, 6.45) is 1.54. The Morgan fingerprint density at radius 1 is 1.53 bits per heavy atom. The molecule has 0 spiro atoms. The third-order valence-corrected chi connectivity index (χ3v) is 2.57. The summed E-state index contributed by atoms with van der Waals surface area (Å²) < 4.78 is 6.38. The van der Waals surface area contributed by atoms with Gasteiger partial charge in [0.1, 0.15) is 5.56 Å². The molecule has 5 heteroatoms. The van der Waals surface area contributed by atoms with Crippen molar-refractivity contribution in [3.63, 3.8) is 0 Å². The van der Waals surface area contributed by atoms with Gasteiger partial charge in [0, 0.05) is 5.69 Å². The fraction of sp³-hybridized carbons (Fsp3) is 0.250. The van der Waals surface area contributed by atoms with Gasteiger partial charge in [-0.3, -0.25) is 0 Å². The molecule has 17 heavy (non-hydrogen) atoms. The van der Waals surface area contributed by atoms with E-state index in [1.807, 2.05) is 19.9 Å². The number of fused-ring (bicyclic) bond motifs is 1. The molecule has 0 radical (unpaired) electrons. The van der Waals surface area contributed by atoms with Crippen molar-refractivity contribution in [2.24, 2.45) is 0 Å². The Labute approximate surface area is 98.7 Å². The van der Waals surface area contributed by atoms with Crippen molar-refractivity contribution in [2.75, 3.05) is 7.11 Å². The molecular weight excluding hydrogens is 218 g/mol. The zero-order valence-electron chi connectivity index (χ0n) is 10.0. The van der Waals surface area contributed by atoms with Gasteiger partial charge in [0.25, 0.3) is 0 Å². The van der Waals surface area contributed by atoms with Crippen LogP contribution in [-0.4, -0.2) is 27.7 Å². The third-order valence-electron chi connectivity index (χ3n) is 2.57. The molecule has 2 aromatic rings. The molecule has 0 N–H and O–H groups in total. The van der Waals surface area contributed by atoms with E-state index in [1.165, 1.54) is 7.11 Å². The molecule has 0 amide bonds. The summed E-state index contributed by atoms with van der Waals surface area (Å²) in [6, 6.07) is 1.88. The molecule has 0 saturated heterocycles. The minimum Gasteiger partial charge on any atom is -0.465 e. The Morgan fingerprint density at radius 2 is 2.24 bits per heavy atom. The van der Waals surface area contributed by atoms with Crippen LogP contribution in [0.25, 0.3) is 11.7 Å². The predicted molar refractivity (Wildman–Crippen MR) is 63.9 cm³/mol. The van der Waals surface area contributed by atoms with Gasteiger partial charge in [-0.1, -0.05) is 6.58 Å². The van der Waals surface area contributed by atoms with Gasteiger partial charge in [-0.15, -0.1) is 5.10 Å². The first-order chi connectivity index (χ1) is 8.08. The molecule has 0 aromatic carbocycles. The number of ether oxygens (including phenoxy) is 1. The van der Waals surface area contributed by atoms with E-state index < -0.39 is 5.97 Å². The molecular formula is C12H13N3O2. The van der Waals surface area contributed by atoms with E-state index in [2.05, 4.69) is 16.7 Å². The second-order valence-corrected chi connectivity index (χ2v) is 3.74. The van der Waals surface area contributed by atoms with E-state index in [-0.39, 0.29) is 0 Å². The van der Waals surface area contributed by atoms with Gasteiger partial charge in [0.05, 0.1) is 7.11 Å². The molecule has 0 fully saturated rings. The van der Waals surface area contributed by atoms with E-state index in [4.69, 9.17) is 4.74 Å². The molecule has 2 heterocycles. The summed E-state index contributed by atoms with van der Waals surface area (Å²) >= 11 is 0. The highest BCUT2D eigenvalue weighted by atomic mass is 16.5. The first-order valence-corrected chi connectivity index (χ1v) is 5.16. The maximum Gasteiger partial charge on any atom is 0.341 e. The number of hydrogen-bond acceptors (Lipinski definition) is 4. The van der Waals surface area contributed by atoms with Crippen LogP contribution in [0.15, 0.2) is 12.6 Å². The third kappa shape index (κ3) is 1.69. The smallest absolute Gasteiger partial charge is 0.341 e. The quantitative estimate of drug-likeness (QED) is 0.739. The van der Waals surface area contributed by atoms with Crippen LogP contribution < -0.4 is 0 Å². The Morgan fingerprint density at radius 3 is 2.82 bits per heavy atom. The van der Waals surface area contributed by atoms with E-state index in [9.17, 15) is 4.79 Å². The van der Waals surface area contributed by atoms with Crippen LogP contribution in [0.3, 0.4) is 0 Å². The highest BCUT2D eigenvalue weighted by Gasteiger charge is 2.18. The van der Waals surface area contributed by atoms with Crippen molar-refractivity contribution < 1.29 is 9.53 Å². The van der Waals surface area contributed by atoms with Gasteiger partial charge >= 0.3 is 5.97 Å². The molecule has 2 aromatic heterocycles. The minimum absolute atomic E-state index is 0.407. The number of pyridine rings is 1. The van der Waals surface area contributed by atoms with Gasteiger partial charge in [0.2, 0.25) is 0 Å². The molecule has 0 saturated carbocycles. The van der Waals surface area contributed by atoms with E-state index >= 15 is 0 Å². The summed E-state index contributed by atoms with van der Waals surface area (Å²) in [5.74, 6) is 0.0827. The first kappa shape index (κ1) is 11.3. The van der Waals surface area contributed by atoms with Crippen molar-refractivity contribution in [3.8, 4) is 0 Å². The van der Waals surface area contributed by atoms with E-state index in [0.29, 0.717) is 17.0 Å². The maximum atomic E-state index is 11.7. The van der Waals surface area contributed by atoms with Crippen molar-refractivity contribution >= 4 is 17.7 Å². The Hall–Kier alpha value is -2.17. The molecule has 0 aliphatic carbocycles. The molecule has 2 rings (SSSR count). The topological polar surface area (TPSA) is 56.5 Å². The number of methoxy groups -OCH3 is 1. The van der Waals surface area contributed by atoms with Crippen molar-refractivity contribution in [1.82, 2.24) is 14.6 Å². The lowest BCUT2D eigenvalue weighted by Gasteiger charge is -2.06. The van der Waals surface area contributed by atoms with Gasteiger partial charge in [-0.25, -0.2) is 14.3 Å². The summed E-state index contributed by atoms with van der Waals surface area (Å²) in [7, 11) is 1.35. The average molecular weight is 231 g/mol. The Balaban J connectivity index is 2.85. The summed E-state index contributed by atoms with van der Waals surface area (Å²) in [5, 5.41) is 4.23. The number of hydrogen-bond donors (Lipinski definition) is 0. The largest absolute Gasteiger partial charge is 0.465 e. The van der Waals surface area contributed by atoms with Gasteiger partial charge in [0.15, 0.2) is 11.5 Å². The fourth-order valence-corrected chi connectivity index (χ4v) is 1.80. The number of nitrogens with zero attached hydrogens (tertiary/aromatic N) is 3. The number of carbonyl (C=O) groups excluding carboxylic acids is 1. The molecule has 0 aliphatic heterocycles. The van der Waals surface area contributed by atoms with Crippen LogP contribution in [0.4, 0.5) is 0 Å². The van der Waals surface area contributed by atoms with Crippen molar-refractivity contribution in [1.29, 1.82) is 0 Å².